The van der Waals surface area contributed by atoms with Gasteiger partial charge < -0.3 is 9.84 Å². The molecule has 18 heavy (non-hydrogen) atoms. The molecule has 0 aromatic carbocycles. The Bertz CT molecular complexity index is 439. The summed E-state index contributed by atoms with van der Waals surface area (Å²) in [5.41, 5.74) is 1.01. The van der Waals surface area contributed by atoms with Crippen LogP contribution in [0.3, 0.4) is 0 Å². The van der Waals surface area contributed by atoms with Crippen LogP contribution in [-0.2, 0) is 11.2 Å². The van der Waals surface area contributed by atoms with Gasteiger partial charge in [0.05, 0.1) is 26.0 Å². The summed E-state index contributed by atoms with van der Waals surface area (Å²) in [7, 11) is 2.05. The number of hydrogen-bond donors (Lipinski definition) is 1. The number of anilines is 1. The molecule has 0 fully saturated rings. The van der Waals surface area contributed by atoms with Gasteiger partial charge in [-0.15, -0.1) is 0 Å². The van der Waals surface area contributed by atoms with E-state index in [1.54, 1.807) is 11.1 Å². The molecule has 0 aliphatic carbocycles. The van der Waals surface area contributed by atoms with Crippen molar-refractivity contribution in [2.75, 3.05) is 24.7 Å². The highest BCUT2D eigenvalue weighted by molar-refractivity contribution is 6.08. The Kier molecular flexibility index (Phi) is 4.20. The molecule has 2 heterocycles. The molecular weight excluding hydrogens is 231 g/mol. The van der Waals surface area contributed by atoms with Crippen LogP contribution in [-0.4, -0.2) is 43.6 Å². The van der Waals surface area contributed by atoms with Crippen molar-refractivity contribution in [2.45, 2.75) is 19.2 Å². The zero-order valence-corrected chi connectivity index (χ0v) is 10.6. The fourth-order valence-electron chi connectivity index (χ4n) is 2.03. The number of fused-ring (bicyclic) bond motifs is 1. The summed E-state index contributed by atoms with van der Waals surface area (Å²) in [4.78, 5) is 17.6. The molecule has 5 nitrogen and oxygen atoms in total. The second-order valence-electron chi connectivity index (χ2n) is 4.27. The van der Waals surface area contributed by atoms with Gasteiger partial charge in [-0.25, -0.2) is 4.98 Å². The molecule has 1 aromatic rings. The lowest BCUT2D eigenvalue weighted by Crippen LogP contribution is -2.37. The molecule has 0 saturated heterocycles. The maximum atomic E-state index is 11.7. The minimum Gasteiger partial charge on any atom is -0.493 e. The molecule has 1 aliphatic heterocycles. The Morgan fingerprint density at radius 2 is 2.33 bits per heavy atom. The SMILES string of the molecule is BCCOc1cnc2c(c1)CCC(=O)N2CCO. The summed E-state index contributed by atoms with van der Waals surface area (Å²) >= 11 is 0. The number of carbonyl (C=O) groups is 1. The summed E-state index contributed by atoms with van der Waals surface area (Å²) in [5.74, 6) is 1.42. The van der Waals surface area contributed by atoms with Gasteiger partial charge in [-0.05, 0) is 24.4 Å². The number of aromatic nitrogens is 1. The van der Waals surface area contributed by atoms with Gasteiger partial charge >= 0.3 is 0 Å². The van der Waals surface area contributed by atoms with E-state index in [2.05, 4.69) is 4.98 Å². The van der Waals surface area contributed by atoms with E-state index in [0.29, 0.717) is 31.8 Å². The Balaban J connectivity index is 2.22. The van der Waals surface area contributed by atoms with Gasteiger partial charge in [0.1, 0.15) is 19.4 Å². The predicted molar refractivity (Wildman–Crippen MR) is 70.8 cm³/mol. The lowest BCUT2D eigenvalue weighted by molar-refractivity contribution is -0.119. The smallest absolute Gasteiger partial charge is 0.228 e. The third-order valence-corrected chi connectivity index (χ3v) is 2.88. The van der Waals surface area contributed by atoms with E-state index in [9.17, 15) is 4.79 Å². The highest BCUT2D eigenvalue weighted by Crippen LogP contribution is 2.28. The van der Waals surface area contributed by atoms with E-state index >= 15 is 0 Å². The largest absolute Gasteiger partial charge is 0.493 e. The molecule has 0 spiro atoms. The second-order valence-corrected chi connectivity index (χ2v) is 4.27. The van der Waals surface area contributed by atoms with Gasteiger partial charge in [0.25, 0.3) is 0 Å². The van der Waals surface area contributed by atoms with Crippen LogP contribution < -0.4 is 9.64 Å². The Morgan fingerprint density at radius 3 is 3.06 bits per heavy atom. The molecular formula is C12H17BN2O3. The molecule has 6 heteroatoms. The van der Waals surface area contributed by atoms with Crippen molar-refractivity contribution in [2.24, 2.45) is 0 Å². The van der Waals surface area contributed by atoms with Crippen LogP contribution in [0.25, 0.3) is 0 Å². The first-order valence-corrected chi connectivity index (χ1v) is 6.29. The van der Waals surface area contributed by atoms with Crippen molar-refractivity contribution in [3.63, 3.8) is 0 Å². The van der Waals surface area contributed by atoms with Gasteiger partial charge in [-0.3, -0.25) is 9.69 Å². The van der Waals surface area contributed by atoms with E-state index in [1.165, 1.54) is 0 Å². The molecule has 2 rings (SSSR count). The van der Waals surface area contributed by atoms with Crippen LogP contribution in [0.4, 0.5) is 5.82 Å². The number of carbonyl (C=O) groups excluding carboxylic acids is 1. The van der Waals surface area contributed by atoms with Crippen LogP contribution in [0.5, 0.6) is 5.75 Å². The third-order valence-electron chi connectivity index (χ3n) is 2.88. The van der Waals surface area contributed by atoms with Crippen LogP contribution in [0.15, 0.2) is 12.3 Å². The van der Waals surface area contributed by atoms with Crippen molar-refractivity contribution >= 4 is 19.6 Å². The van der Waals surface area contributed by atoms with E-state index in [1.807, 2.05) is 13.9 Å². The van der Waals surface area contributed by atoms with E-state index in [0.717, 1.165) is 17.6 Å². The number of amides is 1. The number of β-amino-alcohol motifs (C(OH)–C–C–N with tert-alkyl or cyclic N) is 1. The molecule has 1 amide bonds. The van der Waals surface area contributed by atoms with E-state index < -0.39 is 0 Å². The number of pyridine rings is 1. The van der Waals surface area contributed by atoms with Crippen molar-refractivity contribution in [1.82, 2.24) is 4.98 Å². The monoisotopic (exact) mass is 248 g/mol. The number of hydrogen-bond acceptors (Lipinski definition) is 4. The van der Waals surface area contributed by atoms with Crippen LogP contribution >= 0.6 is 0 Å². The van der Waals surface area contributed by atoms with E-state index in [4.69, 9.17) is 9.84 Å². The van der Waals surface area contributed by atoms with Crippen molar-refractivity contribution in [1.29, 1.82) is 0 Å². The number of ether oxygens (including phenoxy) is 1. The van der Waals surface area contributed by atoms with Crippen LogP contribution in [0.1, 0.15) is 12.0 Å². The molecule has 96 valence electrons. The average molecular weight is 248 g/mol. The summed E-state index contributed by atoms with van der Waals surface area (Å²) < 4.78 is 5.53. The lowest BCUT2D eigenvalue weighted by atomic mass is 10.0. The molecule has 0 atom stereocenters. The number of aliphatic hydroxyl groups is 1. The minimum absolute atomic E-state index is 0.0197. The Hall–Kier alpha value is -1.56. The van der Waals surface area contributed by atoms with Gasteiger partial charge in [0.15, 0.2) is 0 Å². The fraction of sp³-hybridized carbons (Fsp3) is 0.500. The Morgan fingerprint density at radius 1 is 1.50 bits per heavy atom. The van der Waals surface area contributed by atoms with Gasteiger partial charge in [0.2, 0.25) is 5.91 Å². The van der Waals surface area contributed by atoms with Crippen molar-refractivity contribution < 1.29 is 14.6 Å². The number of aliphatic hydroxyl groups excluding tert-OH is 1. The zero-order chi connectivity index (χ0) is 13.0. The molecule has 0 unspecified atom stereocenters. The van der Waals surface area contributed by atoms with Crippen LogP contribution in [0.2, 0.25) is 6.32 Å². The first-order chi connectivity index (χ1) is 8.76. The van der Waals surface area contributed by atoms with Gasteiger partial charge in [0, 0.05) is 6.42 Å². The number of nitrogens with zero attached hydrogens (tertiary/aromatic N) is 2. The first-order valence-electron chi connectivity index (χ1n) is 6.29. The number of rotatable bonds is 5. The highest BCUT2D eigenvalue weighted by Gasteiger charge is 2.25. The minimum atomic E-state index is -0.0546. The zero-order valence-electron chi connectivity index (χ0n) is 10.6. The van der Waals surface area contributed by atoms with E-state index in [-0.39, 0.29) is 12.5 Å². The third kappa shape index (κ3) is 2.64. The molecule has 0 bridgehead atoms. The molecule has 0 saturated carbocycles. The fourth-order valence-corrected chi connectivity index (χ4v) is 2.03. The summed E-state index contributed by atoms with van der Waals surface area (Å²) in [5, 5.41) is 8.99. The first kappa shape index (κ1) is 12.9. The average Bonchev–Trinajstić information content (AvgIpc) is 2.39. The molecule has 1 aliphatic rings. The highest BCUT2D eigenvalue weighted by atomic mass is 16.5. The van der Waals surface area contributed by atoms with Crippen molar-refractivity contribution in [3.8, 4) is 5.75 Å². The number of aryl methyl sites for hydroxylation is 1. The Labute approximate surface area is 107 Å². The predicted octanol–water partition coefficient (Wildman–Crippen LogP) is -0.217. The van der Waals surface area contributed by atoms with Crippen LogP contribution in [0, 0.1) is 0 Å². The summed E-state index contributed by atoms with van der Waals surface area (Å²) in [6, 6.07) is 1.94. The molecule has 1 N–H and O–H groups in total. The van der Waals surface area contributed by atoms with Gasteiger partial charge in [-0.2, -0.15) is 0 Å². The maximum absolute atomic E-state index is 11.7. The lowest BCUT2D eigenvalue weighted by Gasteiger charge is -2.27. The molecule has 1 aromatic heterocycles. The standard InChI is InChI=1S/C12H17BN2O3/c13-3-6-18-10-7-9-1-2-11(17)15(4-5-16)12(9)14-8-10/h7-8,16H,1-6,13H2. The second kappa shape index (κ2) is 5.86. The van der Waals surface area contributed by atoms with Crippen molar-refractivity contribution in [3.05, 3.63) is 17.8 Å². The normalized spacial score (nSPS) is 14.5. The van der Waals surface area contributed by atoms with Gasteiger partial charge in [-0.1, -0.05) is 0 Å². The quantitative estimate of drug-likeness (QED) is 0.732. The summed E-state index contributed by atoms with van der Waals surface area (Å²) in [6.45, 7) is 0.911. The topological polar surface area (TPSA) is 62.7 Å². The summed E-state index contributed by atoms with van der Waals surface area (Å²) in [6.07, 6.45) is 3.74. The maximum Gasteiger partial charge on any atom is 0.228 e. The molecule has 0 radical (unpaired) electrons.